The third-order valence-electron chi connectivity index (χ3n) is 5.48. The average molecular weight is 424 g/mol. The van der Waals surface area contributed by atoms with Gasteiger partial charge in [0.15, 0.2) is 4.90 Å². The van der Waals surface area contributed by atoms with Crippen molar-refractivity contribution in [2.75, 3.05) is 26.2 Å². The van der Waals surface area contributed by atoms with E-state index < -0.39 is 26.6 Å². The Morgan fingerprint density at radius 1 is 0.862 bits per heavy atom. The van der Waals surface area contributed by atoms with E-state index in [1.54, 1.807) is 18.2 Å². The highest BCUT2D eigenvalue weighted by Gasteiger charge is 2.47. The number of hydrogen-bond acceptors (Lipinski definition) is 3. The van der Waals surface area contributed by atoms with Crippen LogP contribution < -0.4 is 0 Å². The molecule has 1 aliphatic heterocycles. The predicted octanol–water partition coefficient (Wildman–Crippen LogP) is 2.74. The minimum atomic E-state index is -4.34. The van der Waals surface area contributed by atoms with E-state index in [2.05, 4.69) is 0 Å². The van der Waals surface area contributed by atoms with E-state index in [0.717, 1.165) is 22.5 Å². The summed E-state index contributed by atoms with van der Waals surface area (Å²) in [5.74, 6) is -3.26. The number of benzene rings is 2. The molecule has 5 nitrogen and oxygen atoms in total. The van der Waals surface area contributed by atoms with Crippen molar-refractivity contribution in [1.29, 1.82) is 0 Å². The Morgan fingerprint density at radius 3 is 2.07 bits per heavy atom. The van der Waals surface area contributed by atoms with Gasteiger partial charge in [0, 0.05) is 32.1 Å². The monoisotopic (exact) mass is 424 g/mol. The van der Waals surface area contributed by atoms with Crippen molar-refractivity contribution in [2.24, 2.45) is 5.92 Å². The molecule has 2 unspecified atom stereocenters. The topological polar surface area (TPSA) is 57.7 Å². The fourth-order valence-corrected chi connectivity index (χ4v) is 5.36. The van der Waals surface area contributed by atoms with Gasteiger partial charge in [-0.2, -0.15) is 4.31 Å². The highest BCUT2D eigenvalue weighted by atomic mass is 32.2. The summed E-state index contributed by atoms with van der Waals surface area (Å²) >= 11 is 0. The van der Waals surface area contributed by atoms with Crippen LogP contribution in [0.1, 0.15) is 17.9 Å². The minimum absolute atomic E-state index is 0.0566. The second-order valence-corrected chi connectivity index (χ2v) is 9.13. The summed E-state index contributed by atoms with van der Waals surface area (Å²) in [5.41, 5.74) is 0.516. The molecule has 2 fully saturated rings. The zero-order chi connectivity index (χ0) is 20.8. The first-order valence-electron chi connectivity index (χ1n) is 9.28. The second-order valence-electron chi connectivity index (χ2n) is 7.25. The summed E-state index contributed by atoms with van der Waals surface area (Å²) in [4.78, 5) is 13.3. The molecule has 9 heteroatoms. The number of nitrogens with zero attached hydrogens (tertiary/aromatic N) is 2. The average Bonchev–Trinajstić information content (AvgIpc) is 3.48. The van der Waals surface area contributed by atoms with E-state index in [0.29, 0.717) is 12.0 Å². The zero-order valence-corrected chi connectivity index (χ0v) is 16.2. The number of sulfonamides is 1. The van der Waals surface area contributed by atoms with Gasteiger partial charge in [0.1, 0.15) is 17.5 Å². The fraction of sp³-hybridized carbons (Fsp3) is 0.350. The van der Waals surface area contributed by atoms with Crippen LogP contribution in [0.25, 0.3) is 0 Å². The standard InChI is InChI=1S/C20H19F3N2O3S/c21-16-5-2-1-4-13(16)14-12-15(14)20(26)24-8-10-25(11-9-24)29(27,28)19-17(22)6-3-7-18(19)23/h1-7,14-15H,8-12H2. The molecule has 0 spiro atoms. The van der Waals surface area contributed by atoms with Crippen molar-refractivity contribution in [1.82, 2.24) is 9.21 Å². The lowest BCUT2D eigenvalue weighted by atomic mass is 10.1. The third kappa shape index (κ3) is 3.64. The normalized spacial score (nSPS) is 22.5. The summed E-state index contributed by atoms with van der Waals surface area (Å²) < 4.78 is 68.0. The van der Waals surface area contributed by atoms with Crippen molar-refractivity contribution in [3.8, 4) is 0 Å². The van der Waals surface area contributed by atoms with Gasteiger partial charge < -0.3 is 4.90 Å². The van der Waals surface area contributed by atoms with E-state index in [-0.39, 0.29) is 49.7 Å². The van der Waals surface area contributed by atoms with Gasteiger partial charge in [-0.05, 0) is 36.1 Å². The minimum Gasteiger partial charge on any atom is -0.340 e. The lowest BCUT2D eigenvalue weighted by molar-refractivity contribution is -0.133. The Labute approximate surface area is 166 Å². The summed E-state index contributed by atoms with van der Waals surface area (Å²) in [5, 5.41) is 0. The molecule has 29 heavy (non-hydrogen) atoms. The number of amides is 1. The molecule has 1 aliphatic carbocycles. The van der Waals surface area contributed by atoms with E-state index in [4.69, 9.17) is 0 Å². The summed E-state index contributed by atoms with van der Waals surface area (Å²) in [6.45, 7) is 0.126. The van der Waals surface area contributed by atoms with Gasteiger partial charge in [-0.15, -0.1) is 0 Å². The van der Waals surface area contributed by atoms with Crippen LogP contribution in [0.3, 0.4) is 0 Å². The zero-order valence-electron chi connectivity index (χ0n) is 15.4. The van der Waals surface area contributed by atoms with Gasteiger partial charge in [-0.25, -0.2) is 21.6 Å². The summed E-state index contributed by atoms with van der Waals surface area (Å²) in [6.07, 6.45) is 0.554. The van der Waals surface area contributed by atoms with Crippen molar-refractivity contribution in [2.45, 2.75) is 17.2 Å². The number of halogens is 3. The number of rotatable bonds is 4. The van der Waals surface area contributed by atoms with Crippen LogP contribution in [0, 0.1) is 23.4 Å². The Morgan fingerprint density at radius 2 is 1.45 bits per heavy atom. The van der Waals surface area contributed by atoms with Gasteiger partial charge in [-0.3, -0.25) is 4.79 Å². The van der Waals surface area contributed by atoms with E-state index in [1.165, 1.54) is 11.0 Å². The quantitative estimate of drug-likeness (QED) is 0.759. The highest BCUT2D eigenvalue weighted by Crippen LogP contribution is 2.49. The molecule has 1 saturated heterocycles. The first-order valence-corrected chi connectivity index (χ1v) is 10.7. The van der Waals surface area contributed by atoms with E-state index >= 15 is 0 Å². The van der Waals surface area contributed by atoms with Gasteiger partial charge in [0.05, 0.1) is 0 Å². The molecule has 2 atom stereocenters. The molecule has 0 radical (unpaired) electrons. The number of carbonyl (C=O) groups is 1. The lowest BCUT2D eigenvalue weighted by Gasteiger charge is -2.34. The molecule has 0 N–H and O–H groups in total. The van der Waals surface area contributed by atoms with Crippen molar-refractivity contribution < 1.29 is 26.4 Å². The van der Waals surface area contributed by atoms with Crippen LogP contribution in [0.5, 0.6) is 0 Å². The van der Waals surface area contributed by atoms with Gasteiger partial charge >= 0.3 is 0 Å². The van der Waals surface area contributed by atoms with E-state index in [9.17, 15) is 26.4 Å². The Bertz CT molecular complexity index is 1030. The number of piperazine rings is 1. The van der Waals surface area contributed by atoms with Gasteiger partial charge in [0.2, 0.25) is 15.9 Å². The van der Waals surface area contributed by atoms with Gasteiger partial charge in [0.25, 0.3) is 0 Å². The molecule has 154 valence electrons. The van der Waals surface area contributed by atoms with Crippen LogP contribution in [-0.4, -0.2) is 49.7 Å². The summed E-state index contributed by atoms with van der Waals surface area (Å²) in [6, 6.07) is 9.24. The molecule has 0 bridgehead atoms. The van der Waals surface area contributed by atoms with Crippen LogP contribution in [0.15, 0.2) is 47.4 Å². The summed E-state index contributed by atoms with van der Waals surface area (Å²) in [7, 11) is -4.34. The molecular weight excluding hydrogens is 405 g/mol. The maximum Gasteiger partial charge on any atom is 0.249 e. The van der Waals surface area contributed by atoms with Crippen LogP contribution in [-0.2, 0) is 14.8 Å². The van der Waals surface area contributed by atoms with Crippen LogP contribution in [0.2, 0.25) is 0 Å². The number of carbonyl (C=O) groups excluding carboxylic acids is 1. The fourth-order valence-electron chi connectivity index (χ4n) is 3.83. The van der Waals surface area contributed by atoms with Crippen molar-refractivity contribution >= 4 is 15.9 Å². The van der Waals surface area contributed by atoms with Gasteiger partial charge in [-0.1, -0.05) is 24.3 Å². The first kappa shape index (κ1) is 19.9. The second kappa shape index (κ2) is 7.46. The maximum absolute atomic E-state index is 13.9. The van der Waals surface area contributed by atoms with Crippen molar-refractivity contribution in [3.63, 3.8) is 0 Å². The molecule has 4 rings (SSSR count). The molecule has 0 aromatic heterocycles. The largest absolute Gasteiger partial charge is 0.340 e. The molecule has 1 amide bonds. The Hall–Kier alpha value is -2.39. The third-order valence-corrected chi connectivity index (χ3v) is 7.43. The van der Waals surface area contributed by atoms with E-state index in [1.807, 2.05) is 0 Å². The van der Waals surface area contributed by atoms with Crippen LogP contribution >= 0.6 is 0 Å². The smallest absolute Gasteiger partial charge is 0.249 e. The Kier molecular flexibility index (Phi) is 5.12. The van der Waals surface area contributed by atoms with Crippen molar-refractivity contribution in [3.05, 3.63) is 65.5 Å². The SMILES string of the molecule is O=C(C1CC1c1ccccc1F)N1CCN(S(=O)(=O)c2c(F)cccc2F)CC1. The maximum atomic E-state index is 13.9. The Balaban J connectivity index is 1.41. The predicted molar refractivity (Wildman–Crippen MR) is 98.9 cm³/mol. The molecule has 2 aliphatic rings. The molecule has 1 heterocycles. The first-order chi connectivity index (χ1) is 13.8. The highest BCUT2D eigenvalue weighted by molar-refractivity contribution is 7.89. The number of hydrogen-bond donors (Lipinski definition) is 0. The van der Waals surface area contributed by atoms with Crippen LogP contribution in [0.4, 0.5) is 13.2 Å². The molecule has 1 saturated carbocycles. The lowest BCUT2D eigenvalue weighted by Crippen LogP contribution is -2.51. The molecular formula is C20H19F3N2O3S. The molecule has 2 aromatic rings. The molecule has 2 aromatic carbocycles.